The van der Waals surface area contributed by atoms with Crippen molar-refractivity contribution in [3.05, 3.63) is 24.0 Å². The number of carbonyl (C=O) groups is 1. The van der Waals surface area contributed by atoms with Crippen LogP contribution in [0.2, 0.25) is 0 Å². The Balaban J connectivity index is 1.28. The van der Waals surface area contributed by atoms with E-state index in [1.807, 2.05) is 17.2 Å². The number of piperazine rings is 1. The van der Waals surface area contributed by atoms with Crippen LogP contribution in [0.25, 0.3) is 10.9 Å². The van der Waals surface area contributed by atoms with Crippen LogP contribution >= 0.6 is 0 Å². The van der Waals surface area contributed by atoms with Gasteiger partial charge in [0.2, 0.25) is 0 Å². The highest BCUT2D eigenvalue weighted by Gasteiger charge is 2.27. The lowest BCUT2D eigenvalue weighted by Gasteiger charge is -2.38. The highest BCUT2D eigenvalue weighted by Crippen LogP contribution is 2.26. The summed E-state index contributed by atoms with van der Waals surface area (Å²) in [4.78, 5) is 27.5. The molecule has 7 nitrogen and oxygen atoms in total. The third-order valence-corrected chi connectivity index (χ3v) is 6.50. The number of pyridine rings is 1. The molecular formula is C21H29N5O2. The lowest BCUT2D eigenvalue weighted by Crippen LogP contribution is -2.49. The number of amides is 1. The van der Waals surface area contributed by atoms with Crippen molar-refractivity contribution in [2.24, 2.45) is 0 Å². The zero-order valence-corrected chi connectivity index (χ0v) is 16.4. The van der Waals surface area contributed by atoms with Crippen molar-refractivity contribution < 1.29 is 9.53 Å². The average Bonchev–Trinajstić information content (AvgIpc) is 3.43. The Morgan fingerprint density at radius 1 is 1.04 bits per heavy atom. The van der Waals surface area contributed by atoms with Gasteiger partial charge in [-0.1, -0.05) is 12.8 Å². The predicted octanol–water partition coefficient (Wildman–Crippen LogP) is 2.10. The molecule has 0 unspecified atom stereocenters. The molecule has 150 valence electrons. The van der Waals surface area contributed by atoms with E-state index < -0.39 is 0 Å². The first-order chi connectivity index (χ1) is 13.8. The van der Waals surface area contributed by atoms with Gasteiger partial charge >= 0.3 is 0 Å². The van der Waals surface area contributed by atoms with Gasteiger partial charge in [-0.05, 0) is 25.0 Å². The lowest BCUT2D eigenvalue weighted by atomic mass is 10.2. The third kappa shape index (κ3) is 3.49. The molecule has 0 radical (unpaired) electrons. The first-order valence-electron chi connectivity index (χ1n) is 10.6. The molecule has 0 bridgehead atoms. The van der Waals surface area contributed by atoms with Gasteiger partial charge in [-0.25, -0.2) is 4.98 Å². The van der Waals surface area contributed by atoms with Gasteiger partial charge in [0.1, 0.15) is 11.5 Å². The summed E-state index contributed by atoms with van der Waals surface area (Å²) in [5.41, 5.74) is 1.56. The number of anilines is 1. The minimum absolute atomic E-state index is 0.0474. The number of carbonyl (C=O) groups excluding carboxylic acids is 1. The van der Waals surface area contributed by atoms with Crippen LogP contribution in [-0.4, -0.2) is 84.2 Å². The minimum atomic E-state index is 0.0474. The Morgan fingerprint density at radius 2 is 1.79 bits per heavy atom. The van der Waals surface area contributed by atoms with Crippen LogP contribution in [-0.2, 0) is 4.74 Å². The van der Waals surface area contributed by atoms with Crippen molar-refractivity contribution in [1.82, 2.24) is 19.8 Å². The third-order valence-electron chi connectivity index (χ3n) is 6.50. The summed E-state index contributed by atoms with van der Waals surface area (Å²) in [7, 11) is 0. The van der Waals surface area contributed by atoms with Crippen LogP contribution in [0.15, 0.2) is 18.3 Å². The van der Waals surface area contributed by atoms with Crippen LogP contribution < -0.4 is 4.90 Å². The highest BCUT2D eigenvalue weighted by atomic mass is 16.5. The maximum absolute atomic E-state index is 12.7. The molecule has 0 atom stereocenters. The van der Waals surface area contributed by atoms with Gasteiger partial charge in [0, 0.05) is 50.7 Å². The molecule has 0 aromatic carbocycles. The zero-order chi connectivity index (χ0) is 18.9. The number of aromatic nitrogens is 2. The summed E-state index contributed by atoms with van der Waals surface area (Å²) in [5, 5.41) is 1.06. The van der Waals surface area contributed by atoms with E-state index in [4.69, 9.17) is 4.74 Å². The molecule has 5 rings (SSSR count). The Bertz CT molecular complexity index is 830. The normalized spacial score (nSPS) is 22.3. The molecule has 3 aliphatic rings. The molecule has 4 heterocycles. The van der Waals surface area contributed by atoms with E-state index in [2.05, 4.69) is 25.8 Å². The van der Waals surface area contributed by atoms with Gasteiger partial charge in [-0.15, -0.1) is 0 Å². The monoisotopic (exact) mass is 383 g/mol. The Kier molecular flexibility index (Phi) is 4.94. The molecule has 7 heteroatoms. The first kappa shape index (κ1) is 17.9. The van der Waals surface area contributed by atoms with Crippen molar-refractivity contribution in [1.29, 1.82) is 0 Å². The number of nitrogens with one attached hydrogen (secondary N) is 1. The second-order valence-corrected chi connectivity index (χ2v) is 8.18. The minimum Gasteiger partial charge on any atom is -0.378 e. The Morgan fingerprint density at radius 3 is 2.54 bits per heavy atom. The molecule has 2 aromatic rings. The summed E-state index contributed by atoms with van der Waals surface area (Å²) in [6.45, 7) is 6.84. The van der Waals surface area contributed by atoms with Crippen molar-refractivity contribution in [2.45, 2.75) is 31.7 Å². The largest absolute Gasteiger partial charge is 0.378 e. The number of nitrogens with zero attached hydrogens (tertiary/aromatic N) is 4. The lowest BCUT2D eigenvalue weighted by molar-refractivity contribution is 0.0299. The highest BCUT2D eigenvalue weighted by molar-refractivity contribution is 5.98. The number of ether oxygens (including phenoxy) is 1. The molecular weight excluding hydrogens is 354 g/mol. The number of H-pyrrole nitrogens is 1. The maximum Gasteiger partial charge on any atom is 0.270 e. The molecule has 28 heavy (non-hydrogen) atoms. The van der Waals surface area contributed by atoms with Crippen molar-refractivity contribution in [3.8, 4) is 0 Å². The molecule has 1 saturated carbocycles. The summed E-state index contributed by atoms with van der Waals surface area (Å²) in [5.74, 6) is 1.06. The number of morpholine rings is 1. The quantitative estimate of drug-likeness (QED) is 0.879. The topological polar surface area (TPSA) is 64.7 Å². The van der Waals surface area contributed by atoms with E-state index in [1.54, 1.807) is 0 Å². The van der Waals surface area contributed by atoms with Gasteiger partial charge in [0.25, 0.3) is 5.91 Å². The standard InChI is InChI=1S/C21H29N5O2/c27-21(26-9-11-28-12-10-26)18-13-16-14-20(22-15-19(16)23-18)25-7-5-24(6-8-25)17-3-1-2-4-17/h13-15,17,23H,1-12H2. The molecule has 2 aliphatic heterocycles. The average molecular weight is 383 g/mol. The van der Waals surface area contributed by atoms with E-state index >= 15 is 0 Å². The Hall–Kier alpha value is -2.12. The summed E-state index contributed by atoms with van der Waals surface area (Å²) in [6.07, 6.45) is 7.38. The molecule has 2 aromatic heterocycles. The maximum atomic E-state index is 12.7. The number of hydrogen-bond acceptors (Lipinski definition) is 5. The second-order valence-electron chi connectivity index (χ2n) is 8.18. The Labute approximate surface area is 165 Å². The van der Waals surface area contributed by atoms with Gasteiger partial charge in [-0.2, -0.15) is 0 Å². The van der Waals surface area contributed by atoms with Gasteiger partial charge in [0.15, 0.2) is 0 Å². The van der Waals surface area contributed by atoms with Crippen LogP contribution in [0.5, 0.6) is 0 Å². The van der Waals surface area contributed by atoms with Crippen LogP contribution in [0.4, 0.5) is 5.82 Å². The predicted molar refractivity (Wildman–Crippen MR) is 109 cm³/mol. The van der Waals surface area contributed by atoms with E-state index in [0.29, 0.717) is 32.0 Å². The van der Waals surface area contributed by atoms with E-state index in [-0.39, 0.29) is 5.91 Å². The van der Waals surface area contributed by atoms with E-state index in [0.717, 1.165) is 48.9 Å². The zero-order valence-electron chi connectivity index (χ0n) is 16.4. The molecule has 1 aliphatic carbocycles. The number of fused-ring (bicyclic) bond motifs is 1. The molecule has 1 amide bonds. The molecule has 3 fully saturated rings. The van der Waals surface area contributed by atoms with Crippen molar-refractivity contribution >= 4 is 22.6 Å². The second kappa shape index (κ2) is 7.72. The fourth-order valence-electron chi connectivity index (χ4n) is 4.83. The smallest absolute Gasteiger partial charge is 0.270 e. The summed E-state index contributed by atoms with van der Waals surface area (Å²) in [6, 6.07) is 4.89. The number of aromatic amines is 1. The summed E-state index contributed by atoms with van der Waals surface area (Å²) < 4.78 is 5.34. The van der Waals surface area contributed by atoms with E-state index in [1.165, 1.54) is 25.7 Å². The number of rotatable bonds is 3. The van der Waals surface area contributed by atoms with E-state index in [9.17, 15) is 4.79 Å². The van der Waals surface area contributed by atoms with Crippen molar-refractivity contribution in [3.63, 3.8) is 0 Å². The van der Waals surface area contributed by atoms with Crippen LogP contribution in [0.3, 0.4) is 0 Å². The van der Waals surface area contributed by atoms with Crippen LogP contribution in [0.1, 0.15) is 36.2 Å². The first-order valence-corrected chi connectivity index (χ1v) is 10.6. The molecule has 0 spiro atoms. The fraction of sp³-hybridized carbons (Fsp3) is 0.619. The molecule has 1 N–H and O–H groups in total. The molecule has 2 saturated heterocycles. The van der Waals surface area contributed by atoms with Crippen LogP contribution in [0, 0.1) is 0 Å². The SMILES string of the molecule is O=C(c1cc2cc(N3CCN(C4CCCC4)CC3)ncc2[nH]1)N1CCOCC1. The fourth-order valence-corrected chi connectivity index (χ4v) is 4.83. The van der Waals surface area contributed by atoms with Gasteiger partial charge in [-0.3, -0.25) is 9.69 Å². The van der Waals surface area contributed by atoms with Crippen molar-refractivity contribution in [2.75, 3.05) is 57.4 Å². The van der Waals surface area contributed by atoms with Gasteiger partial charge < -0.3 is 19.5 Å². The van der Waals surface area contributed by atoms with Gasteiger partial charge in [0.05, 0.1) is 24.9 Å². The number of hydrogen-bond donors (Lipinski definition) is 1. The summed E-state index contributed by atoms with van der Waals surface area (Å²) >= 11 is 0.